The number of amides is 2. The maximum absolute atomic E-state index is 15.0. The first-order chi connectivity index (χ1) is 16.4. The predicted molar refractivity (Wildman–Crippen MR) is 123 cm³/mol. The highest BCUT2D eigenvalue weighted by Gasteiger charge is 2.31. The Labute approximate surface area is 210 Å². The topological polar surface area (TPSA) is 93.1 Å². The summed E-state index contributed by atoms with van der Waals surface area (Å²) in [5.74, 6) is -0.743. The summed E-state index contributed by atoms with van der Waals surface area (Å²) in [6, 6.07) is 4.16. The zero-order valence-corrected chi connectivity index (χ0v) is 20.4. The molecule has 0 atom stereocenters. The van der Waals surface area contributed by atoms with Gasteiger partial charge in [0.05, 0.1) is 34.7 Å². The van der Waals surface area contributed by atoms with Gasteiger partial charge >= 0.3 is 12.2 Å². The monoisotopic (exact) mass is 568 g/mol. The number of hydrogen-bond acceptors (Lipinski definition) is 5. The molecule has 7 nitrogen and oxygen atoms in total. The van der Waals surface area contributed by atoms with Crippen LogP contribution >= 0.6 is 34.5 Å². The summed E-state index contributed by atoms with van der Waals surface area (Å²) in [5, 5.41) is 6.30. The van der Waals surface area contributed by atoms with E-state index in [0.717, 1.165) is 18.2 Å². The molecule has 0 aliphatic heterocycles. The third-order valence-electron chi connectivity index (χ3n) is 5.06. The van der Waals surface area contributed by atoms with Gasteiger partial charge in [-0.1, -0.05) is 23.2 Å². The summed E-state index contributed by atoms with van der Waals surface area (Å²) in [4.78, 5) is 12.1. The number of aromatic nitrogens is 2. The first-order valence-electron chi connectivity index (χ1n) is 9.74. The van der Waals surface area contributed by atoms with E-state index in [4.69, 9.17) is 23.2 Å². The van der Waals surface area contributed by atoms with Crippen LogP contribution in [0.15, 0.2) is 46.6 Å². The van der Waals surface area contributed by atoms with Gasteiger partial charge in [0.25, 0.3) is 10.0 Å². The van der Waals surface area contributed by atoms with Crippen molar-refractivity contribution in [3.8, 4) is 5.69 Å². The second-order valence-electron chi connectivity index (χ2n) is 7.33. The zero-order chi connectivity index (χ0) is 25.5. The number of nitrogens with one attached hydrogen (secondary N) is 2. The van der Waals surface area contributed by atoms with E-state index in [0.29, 0.717) is 34.7 Å². The van der Waals surface area contributed by atoms with Crippen LogP contribution in [0.3, 0.4) is 0 Å². The Kier molecular flexibility index (Phi) is 6.88. The van der Waals surface area contributed by atoms with E-state index in [9.17, 15) is 26.4 Å². The van der Waals surface area contributed by atoms with Crippen molar-refractivity contribution in [3.05, 3.63) is 68.5 Å². The average molecular weight is 569 g/mol. The molecule has 2 amide bonds. The van der Waals surface area contributed by atoms with Crippen molar-refractivity contribution in [2.24, 2.45) is 0 Å². The average Bonchev–Trinajstić information content (AvgIpc) is 3.47. The summed E-state index contributed by atoms with van der Waals surface area (Å²) in [6.45, 7) is -0.625. The lowest BCUT2D eigenvalue weighted by atomic mass is 10.1. The number of alkyl halides is 3. The summed E-state index contributed by atoms with van der Waals surface area (Å²) in [6.07, 6.45) is -2.28. The second kappa shape index (κ2) is 9.45. The van der Waals surface area contributed by atoms with Crippen molar-refractivity contribution in [1.82, 2.24) is 19.8 Å². The molecule has 0 spiro atoms. The van der Waals surface area contributed by atoms with E-state index in [1.807, 2.05) is 0 Å². The number of fused-ring (bicyclic) bond motifs is 1. The fourth-order valence-electron chi connectivity index (χ4n) is 3.45. The van der Waals surface area contributed by atoms with Crippen molar-refractivity contribution in [3.63, 3.8) is 0 Å². The molecule has 0 unspecified atom stereocenters. The molecular formula is C20H14Cl2F4N4O3S2. The number of urea groups is 1. The molecular weight excluding hydrogens is 555 g/mol. The van der Waals surface area contributed by atoms with Gasteiger partial charge in [-0.25, -0.2) is 27.0 Å². The number of allylic oxidation sites excluding steroid dienone is 1. The van der Waals surface area contributed by atoms with Crippen LogP contribution in [0, 0.1) is 0 Å². The van der Waals surface area contributed by atoms with Crippen LogP contribution < -0.4 is 10.0 Å². The summed E-state index contributed by atoms with van der Waals surface area (Å²) in [5.41, 5.74) is 0.742. The highest BCUT2D eigenvalue weighted by atomic mass is 35.5. The van der Waals surface area contributed by atoms with Crippen LogP contribution in [-0.4, -0.2) is 30.8 Å². The highest BCUT2D eigenvalue weighted by molar-refractivity contribution is 7.92. The Morgan fingerprint density at radius 2 is 1.86 bits per heavy atom. The second-order valence-corrected chi connectivity index (χ2v) is 11.3. The minimum atomic E-state index is -4.50. The van der Waals surface area contributed by atoms with Gasteiger partial charge in [-0.05, 0) is 48.7 Å². The van der Waals surface area contributed by atoms with E-state index < -0.39 is 40.2 Å². The highest BCUT2D eigenvalue weighted by Crippen LogP contribution is 2.37. The minimum Gasteiger partial charge on any atom is -0.331 e. The van der Waals surface area contributed by atoms with Gasteiger partial charge in [-0.3, -0.25) is 0 Å². The van der Waals surface area contributed by atoms with E-state index >= 15 is 4.39 Å². The SMILES string of the molecule is O=C(NC/C(F)=C1\CCc2cnn(-c3ccc(C(F)(F)F)cc3)c21)NS(=O)(=O)c1cc(Cl)c(Cl)s1. The number of aryl methyl sites for hydroxylation is 1. The van der Waals surface area contributed by atoms with Crippen molar-refractivity contribution in [2.75, 3.05) is 6.54 Å². The minimum absolute atomic E-state index is 0.00919. The Morgan fingerprint density at radius 1 is 1.17 bits per heavy atom. The summed E-state index contributed by atoms with van der Waals surface area (Å²) < 4.78 is 80.9. The van der Waals surface area contributed by atoms with Crippen LogP contribution in [0.4, 0.5) is 22.4 Å². The molecule has 3 aromatic rings. The lowest BCUT2D eigenvalue weighted by molar-refractivity contribution is -0.137. The normalized spacial score (nSPS) is 15.1. The van der Waals surface area contributed by atoms with E-state index in [-0.39, 0.29) is 25.6 Å². The predicted octanol–water partition coefficient (Wildman–Crippen LogP) is 5.57. The van der Waals surface area contributed by atoms with Crippen LogP contribution in [0.1, 0.15) is 23.2 Å². The molecule has 1 aliphatic rings. The van der Waals surface area contributed by atoms with Gasteiger partial charge in [-0.15, -0.1) is 11.3 Å². The largest absolute Gasteiger partial charge is 0.416 e. The number of benzene rings is 1. The van der Waals surface area contributed by atoms with Gasteiger partial charge in [0.15, 0.2) is 0 Å². The van der Waals surface area contributed by atoms with Gasteiger partial charge < -0.3 is 5.32 Å². The zero-order valence-electron chi connectivity index (χ0n) is 17.3. The molecule has 0 bridgehead atoms. The van der Waals surface area contributed by atoms with E-state index in [1.54, 1.807) is 4.72 Å². The van der Waals surface area contributed by atoms with E-state index in [2.05, 4.69) is 10.4 Å². The Hall–Kier alpha value is -2.61. The molecule has 1 aliphatic carbocycles. The molecule has 2 heterocycles. The first kappa shape index (κ1) is 25.5. The van der Waals surface area contributed by atoms with Crippen LogP contribution in [0.25, 0.3) is 11.3 Å². The molecule has 0 fully saturated rings. The fourth-order valence-corrected chi connectivity index (χ4v) is 6.26. The maximum atomic E-state index is 15.0. The molecule has 35 heavy (non-hydrogen) atoms. The molecule has 2 N–H and O–H groups in total. The number of carbonyl (C=O) groups excluding carboxylic acids is 1. The fraction of sp³-hybridized carbons (Fsp3) is 0.200. The number of thiophene rings is 1. The van der Waals surface area contributed by atoms with Crippen LogP contribution in [0.5, 0.6) is 0 Å². The standard InChI is InChI=1S/C20H14Cl2F4N4O3S2/c21-14-7-16(34-18(14)22)35(32,33)29-19(31)27-9-15(23)13-6-1-10-8-28-30(17(10)13)12-4-2-11(3-5-12)20(24,25)26/h2-5,7-8H,1,6,9H2,(H2,27,29,31)/b15-13-. The van der Waals surface area contributed by atoms with Gasteiger partial charge in [0, 0.05) is 5.57 Å². The Morgan fingerprint density at radius 3 is 2.46 bits per heavy atom. The van der Waals surface area contributed by atoms with E-state index in [1.165, 1.54) is 23.0 Å². The number of carbonyl (C=O) groups is 1. The molecule has 0 saturated heterocycles. The molecule has 1 aromatic carbocycles. The number of nitrogens with zero attached hydrogens (tertiary/aromatic N) is 2. The summed E-state index contributed by atoms with van der Waals surface area (Å²) >= 11 is 12.1. The lowest BCUT2D eigenvalue weighted by Gasteiger charge is -2.12. The summed E-state index contributed by atoms with van der Waals surface area (Å²) in [7, 11) is -4.27. The van der Waals surface area contributed by atoms with Crippen molar-refractivity contribution >= 4 is 56.2 Å². The lowest BCUT2D eigenvalue weighted by Crippen LogP contribution is -2.39. The van der Waals surface area contributed by atoms with Crippen LogP contribution in [-0.2, 0) is 22.6 Å². The van der Waals surface area contributed by atoms with Gasteiger partial charge in [0.2, 0.25) is 0 Å². The van der Waals surface area contributed by atoms with Crippen LogP contribution in [0.2, 0.25) is 9.36 Å². The molecule has 2 aromatic heterocycles. The molecule has 4 rings (SSSR count). The number of hydrogen-bond donors (Lipinski definition) is 2. The van der Waals surface area contributed by atoms with Crippen molar-refractivity contribution < 1.29 is 30.8 Å². The van der Waals surface area contributed by atoms with Gasteiger partial charge in [0.1, 0.15) is 14.4 Å². The molecule has 186 valence electrons. The Bertz CT molecular complexity index is 1410. The number of halogens is 6. The molecule has 0 radical (unpaired) electrons. The smallest absolute Gasteiger partial charge is 0.331 e. The maximum Gasteiger partial charge on any atom is 0.416 e. The third-order valence-corrected chi connectivity index (χ3v) is 8.73. The first-order valence-corrected chi connectivity index (χ1v) is 12.8. The van der Waals surface area contributed by atoms with Crippen molar-refractivity contribution in [1.29, 1.82) is 0 Å². The van der Waals surface area contributed by atoms with Gasteiger partial charge in [-0.2, -0.15) is 18.3 Å². The number of rotatable bonds is 5. The third kappa shape index (κ3) is 5.32. The molecule has 0 saturated carbocycles. The number of sulfonamides is 1. The van der Waals surface area contributed by atoms with Crippen molar-refractivity contribution in [2.45, 2.75) is 23.2 Å². The molecule has 15 heteroatoms. The Balaban J connectivity index is 1.50. The quantitative estimate of drug-likeness (QED) is 0.393.